The minimum absolute atomic E-state index is 0.205. The molecule has 0 radical (unpaired) electrons. The number of hydrogen-bond donors (Lipinski definition) is 1. The minimum Gasteiger partial charge on any atom is -0.484 e. The van der Waals surface area contributed by atoms with Gasteiger partial charge in [-0.05, 0) is 42.0 Å². The van der Waals surface area contributed by atoms with Gasteiger partial charge in [0.1, 0.15) is 11.6 Å². The first kappa shape index (κ1) is 15.0. The zero-order valence-corrected chi connectivity index (χ0v) is 11.7. The Labute approximate surface area is 126 Å². The predicted octanol–water partition coefficient (Wildman–Crippen LogP) is 3.01. The summed E-state index contributed by atoms with van der Waals surface area (Å²) in [6.07, 6.45) is 1.49. The molecule has 0 spiro atoms. The Balaban J connectivity index is 1.77. The fourth-order valence-corrected chi connectivity index (χ4v) is 1.57. The molecule has 0 heterocycles. The van der Waals surface area contributed by atoms with E-state index in [0.29, 0.717) is 10.8 Å². The molecule has 2 aromatic rings. The van der Waals surface area contributed by atoms with Crippen LogP contribution in [0.15, 0.2) is 53.6 Å². The Bertz CT molecular complexity index is 627. The first-order valence-electron chi connectivity index (χ1n) is 6.09. The molecule has 0 saturated heterocycles. The molecule has 0 aliphatic heterocycles. The number of hydrogen-bond acceptors (Lipinski definition) is 3. The Morgan fingerprint density at radius 3 is 2.52 bits per heavy atom. The summed E-state index contributed by atoms with van der Waals surface area (Å²) in [5, 5.41) is 4.42. The molecule has 2 aromatic carbocycles. The van der Waals surface area contributed by atoms with Gasteiger partial charge in [0.15, 0.2) is 6.61 Å². The summed E-state index contributed by atoms with van der Waals surface area (Å²) in [4.78, 5) is 11.5. The van der Waals surface area contributed by atoms with E-state index in [4.69, 9.17) is 16.3 Å². The van der Waals surface area contributed by atoms with E-state index in [1.54, 1.807) is 24.3 Å². The van der Waals surface area contributed by atoms with Crippen LogP contribution in [0.2, 0.25) is 5.02 Å². The average Bonchev–Trinajstić information content (AvgIpc) is 2.49. The van der Waals surface area contributed by atoms with Crippen LogP contribution in [0.4, 0.5) is 4.39 Å². The Morgan fingerprint density at radius 1 is 1.19 bits per heavy atom. The molecule has 0 aliphatic rings. The van der Waals surface area contributed by atoms with Gasteiger partial charge in [-0.25, -0.2) is 9.82 Å². The van der Waals surface area contributed by atoms with E-state index >= 15 is 0 Å². The van der Waals surface area contributed by atoms with Crippen LogP contribution in [0.5, 0.6) is 5.75 Å². The maximum Gasteiger partial charge on any atom is 0.277 e. The number of nitrogens with one attached hydrogen (secondary N) is 1. The molecule has 108 valence electrons. The number of carbonyl (C=O) groups is 1. The number of rotatable bonds is 5. The van der Waals surface area contributed by atoms with Crippen LogP contribution < -0.4 is 10.2 Å². The lowest BCUT2D eigenvalue weighted by Crippen LogP contribution is -2.24. The van der Waals surface area contributed by atoms with Gasteiger partial charge < -0.3 is 4.74 Å². The largest absolute Gasteiger partial charge is 0.484 e. The van der Waals surface area contributed by atoms with Crippen molar-refractivity contribution in [1.82, 2.24) is 5.43 Å². The van der Waals surface area contributed by atoms with Crippen LogP contribution in [-0.4, -0.2) is 18.7 Å². The lowest BCUT2D eigenvalue weighted by atomic mass is 10.2. The van der Waals surface area contributed by atoms with Crippen molar-refractivity contribution in [2.45, 2.75) is 0 Å². The SMILES string of the molecule is O=C(COc1ccc(F)cc1)N/N=C/c1ccc(Cl)cc1. The highest BCUT2D eigenvalue weighted by atomic mass is 35.5. The highest BCUT2D eigenvalue weighted by Crippen LogP contribution is 2.10. The standard InChI is InChI=1S/C15H12ClFN2O2/c16-12-3-1-11(2-4-12)9-18-19-15(20)10-21-14-7-5-13(17)6-8-14/h1-9H,10H2,(H,19,20)/b18-9+. The molecular weight excluding hydrogens is 295 g/mol. The van der Waals surface area contributed by atoms with Gasteiger partial charge in [0.2, 0.25) is 0 Å². The van der Waals surface area contributed by atoms with Crippen molar-refractivity contribution in [3.8, 4) is 5.75 Å². The lowest BCUT2D eigenvalue weighted by molar-refractivity contribution is -0.123. The summed E-state index contributed by atoms with van der Waals surface area (Å²) in [6.45, 7) is -0.205. The second-order valence-electron chi connectivity index (χ2n) is 4.09. The zero-order valence-electron chi connectivity index (χ0n) is 10.9. The van der Waals surface area contributed by atoms with Crippen LogP contribution in [-0.2, 0) is 4.79 Å². The summed E-state index contributed by atoms with van der Waals surface area (Å²) >= 11 is 5.75. The Hall–Kier alpha value is -2.40. The number of nitrogens with zero attached hydrogens (tertiary/aromatic N) is 1. The summed E-state index contributed by atoms with van der Waals surface area (Å²) in [7, 11) is 0. The zero-order chi connectivity index (χ0) is 15.1. The number of carbonyl (C=O) groups excluding carboxylic acids is 1. The van der Waals surface area contributed by atoms with Crippen molar-refractivity contribution in [3.05, 3.63) is 64.9 Å². The van der Waals surface area contributed by atoms with Gasteiger partial charge in [0, 0.05) is 5.02 Å². The van der Waals surface area contributed by atoms with Gasteiger partial charge >= 0.3 is 0 Å². The van der Waals surface area contributed by atoms with Crippen LogP contribution in [0.1, 0.15) is 5.56 Å². The second kappa shape index (κ2) is 7.40. The van der Waals surface area contributed by atoms with Gasteiger partial charge in [0.05, 0.1) is 6.21 Å². The highest BCUT2D eigenvalue weighted by Gasteiger charge is 2.01. The maximum absolute atomic E-state index is 12.7. The summed E-state index contributed by atoms with van der Waals surface area (Å²) in [6, 6.07) is 12.4. The third-order valence-electron chi connectivity index (χ3n) is 2.46. The molecule has 0 unspecified atom stereocenters. The molecule has 1 amide bonds. The van der Waals surface area contributed by atoms with E-state index < -0.39 is 5.91 Å². The molecule has 0 bridgehead atoms. The Kier molecular flexibility index (Phi) is 5.29. The van der Waals surface area contributed by atoms with Crippen molar-refractivity contribution in [3.63, 3.8) is 0 Å². The third kappa shape index (κ3) is 5.24. The maximum atomic E-state index is 12.7. The molecule has 0 atom stereocenters. The van der Waals surface area contributed by atoms with Gasteiger partial charge in [0.25, 0.3) is 5.91 Å². The average molecular weight is 307 g/mol. The number of halogens is 2. The molecule has 0 saturated carbocycles. The van der Waals surface area contributed by atoms with E-state index in [1.807, 2.05) is 0 Å². The topological polar surface area (TPSA) is 50.7 Å². The van der Waals surface area contributed by atoms with Crippen molar-refractivity contribution in [2.24, 2.45) is 5.10 Å². The van der Waals surface area contributed by atoms with E-state index in [1.165, 1.54) is 30.5 Å². The smallest absolute Gasteiger partial charge is 0.277 e. The molecule has 1 N–H and O–H groups in total. The quantitative estimate of drug-likeness (QED) is 0.682. The molecule has 0 aromatic heterocycles. The Morgan fingerprint density at radius 2 is 1.86 bits per heavy atom. The lowest BCUT2D eigenvalue weighted by Gasteiger charge is -2.04. The minimum atomic E-state index is -0.412. The van der Waals surface area contributed by atoms with Crippen molar-refractivity contribution in [1.29, 1.82) is 0 Å². The van der Waals surface area contributed by atoms with Crippen LogP contribution in [0, 0.1) is 5.82 Å². The van der Waals surface area contributed by atoms with Crippen molar-refractivity contribution in [2.75, 3.05) is 6.61 Å². The van der Waals surface area contributed by atoms with E-state index in [2.05, 4.69) is 10.5 Å². The molecule has 6 heteroatoms. The first-order valence-corrected chi connectivity index (χ1v) is 6.47. The van der Waals surface area contributed by atoms with Crippen molar-refractivity contribution >= 4 is 23.7 Å². The first-order chi connectivity index (χ1) is 10.1. The van der Waals surface area contributed by atoms with E-state index in [9.17, 15) is 9.18 Å². The monoisotopic (exact) mass is 306 g/mol. The highest BCUT2D eigenvalue weighted by molar-refractivity contribution is 6.30. The predicted molar refractivity (Wildman–Crippen MR) is 79.1 cm³/mol. The van der Waals surface area contributed by atoms with E-state index in [0.717, 1.165) is 5.56 Å². The van der Waals surface area contributed by atoms with Gasteiger partial charge in [-0.1, -0.05) is 23.7 Å². The number of amides is 1. The molecule has 2 rings (SSSR count). The van der Waals surface area contributed by atoms with E-state index in [-0.39, 0.29) is 12.4 Å². The number of hydrazone groups is 1. The molecular formula is C15H12ClFN2O2. The fourth-order valence-electron chi connectivity index (χ4n) is 1.44. The summed E-state index contributed by atoms with van der Waals surface area (Å²) < 4.78 is 17.8. The number of benzene rings is 2. The third-order valence-corrected chi connectivity index (χ3v) is 2.71. The molecule has 21 heavy (non-hydrogen) atoms. The fraction of sp³-hybridized carbons (Fsp3) is 0.0667. The van der Waals surface area contributed by atoms with Crippen LogP contribution >= 0.6 is 11.6 Å². The van der Waals surface area contributed by atoms with Gasteiger partial charge in [-0.3, -0.25) is 4.79 Å². The van der Waals surface area contributed by atoms with Gasteiger partial charge in [-0.15, -0.1) is 0 Å². The normalized spacial score (nSPS) is 10.6. The molecule has 4 nitrogen and oxygen atoms in total. The van der Waals surface area contributed by atoms with Crippen LogP contribution in [0.3, 0.4) is 0 Å². The van der Waals surface area contributed by atoms with Gasteiger partial charge in [-0.2, -0.15) is 5.10 Å². The molecule has 0 aliphatic carbocycles. The number of ether oxygens (including phenoxy) is 1. The van der Waals surface area contributed by atoms with Crippen LogP contribution in [0.25, 0.3) is 0 Å². The second-order valence-corrected chi connectivity index (χ2v) is 4.52. The molecule has 0 fully saturated rings. The summed E-state index contributed by atoms with van der Waals surface area (Å²) in [5.41, 5.74) is 3.13. The summed E-state index contributed by atoms with van der Waals surface area (Å²) in [5.74, 6) is -0.364. The van der Waals surface area contributed by atoms with Crippen molar-refractivity contribution < 1.29 is 13.9 Å².